The highest BCUT2D eigenvalue weighted by atomic mass is 16.5. The second kappa shape index (κ2) is 7.34. The Bertz CT molecular complexity index is 662. The van der Waals surface area contributed by atoms with Crippen molar-refractivity contribution in [2.45, 2.75) is 46.6 Å². The molecule has 1 aliphatic rings. The van der Waals surface area contributed by atoms with Crippen LogP contribution in [0.15, 0.2) is 18.2 Å². The van der Waals surface area contributed by atoms with E-state index in [4.69, 9.17) is 4.74 Å². The summed E-state index contributed by atoms with van der Waals surface area (Å²) in [6.07, 6.45) is 2.39. The average molecular weight is 328 g/mol. The Labute approximate surface area is 144 Å². The molecule has 1 saturated heterocycles. The molecule has 5 heteroatoms. The summed E-state index contributed by atoms with van der Waals surface area (Å²) in [6, 6.07) is 6.82. The summed E-state index contributed by atoms with van der Waals surface area (Å²) < 4.78 is 5.46. The summed E-state index contributed by atoms with van der Waals surface area (Å²) >= 11 is 0. The van der Waals surface area contributed by atoms with Crippen molar-refractivity contribution in [1.82, 2.24) is 20.1 Å². The lowest BCUT2D eigenvalue weighted by molar-refractivity contribution is 0.248. The molecule has 0 aliphatic carbocycles. The molecule has 2 aromatic rings. The second-order valence-electron chi connectivity index (χ2n) is 6.88. The number of aryl methyl sites for hydroxylation is 2. The van der Waals surface area contributed by atoms with Gasteiger partial charge in [0.05, 0.1) is 12.3 Å². The minimum Gasteiger partial charge on any atom is -0.477 e. The van der Waals surface area contributed by atoms with Gasteiger partial charge >= 0.3 is 0 Å². The highest BCUT2D eigenvalue weighted by Gasteiger charge is 2.28. The number of pyridine rings is 1. The van der Waals surface area contributed by atoms with E-state index >= 15 is 0 Å². The van der Waals surface area contributed by atoms with Gasteiger partial charge in [-0.2, -0.15) is 0 Å². The van der Waals surface area contributed by atoms with E-state index in [1.165, 1.54) is 12.0 Å². The molecule has 0 amide bonds. The average Bonchev–Trinajstić information content (AvgIpc) is 3.15. The third-order valence-corrected chi connectivity index (χ3v) is 4.85. The molecule has 3 heterocycles. The van der Waals surface area contributed by atoms with E-state index in [9.17, 15) is 0 Å². The van der Waals surface area contributed by atoms with E-state index in [1.807, 2.05) is 13.0 Å². The highest BCUT2D eigenvalue weighted by Crippen LogP contribution is 2.29. The van der Waals surface area contributed by atoms with Crippen LogP contribution in [-0.4, -0.2) is 39.8 Å². The number of H-pyrrole nitrogens is 1. The van der Waals surface area contributed by atoms with Gasteiger partial charge in [-0.15, -0.1) is 5.10 Å². The SMILES string of the molecule is CCOc1cc(C(C)N2CCC(Cc3cc(C)nc(C)c3)C2)[nH]n1. The molecule has 0 bridgehead atoms. The van der Waals surface area contributed by atoms with E-state index in [-0.39, 0.29) is 0 Å². The first-order valence-electron chi connectivity index (χ1n) is 8.91. The molecule has 1 N–H and O–H groups in total. The molecule has 0 spiro atoms. The van der Waals surface area contributed by atoms with E-state index in [2.05, 4.69) is 53.0 Å². The first-order valence-corrected chi connectivity index (χ1v) is 8.91. The Morgan fingerprint density at radius 1 is 1.29 bits per heavy atom. The van der Waals surface area contributed by atoms with Gasteiger partial charge in [-0.1, -0.05) is 0 Å². The van der Waals surface area contributed by atoms with Crippen molar-refractivity contribution in [3.63, 3.8) is 0 Å². The molecule has 0 aromatic carbocycles. The number of nitrogens with zero attached hydrogens (tertiary/aromatic N) is 3. The van der Waals surface area contributed by atoms with E-state index in [1.54, 1.807) is 0 Å². The monoisotopic (exact) mass is 328 g/mol. The Hall–Kier alpha value is -1.88. The predicted molar refractivity (Wildman–Crippen MR) is 95.3 cm³/mol. The molecule has 130 valence electrons. The first-order chi connectivity index (χ1) is 11.5. The Kier molecular flexibility index (Phi) is 5.19. The van der Waals surface area contributed by atoms with Gasteiger partial charge in [-0.25, -0.2) is 0 Å². The summed E-state index contributed by atoms with van der Waals surface area (Å²) in [5.74, 6) is 1.40. The van der Waals surface area contributed by atoms with Crippen molar-refractivity contribution in [2.75, 3.05) is 19.7 Å². The van der Waals surface area contributed by atoms with E-state index in [0.717, 1.165) is 36.6 Å². The lowest BCUT2D eigenvalue weighted by atomic mass is 9.98. The fourth-order valence-corrected chi connectivity index (χ4v) is 3.70. The molecule has 1 fully saturated rings. The van der Waals surface area contributed by atoms with Crippen LogP contribution in [0.2, 0.25) is 0 Å². The van der Waals surface area contributed by atoms with Crippen LogP contribution in [0.1, 0.15) is 49.0 Å². The maximum atomic E-state index is 5.46. The number of ether oxygens (including phenoxy) is 1. The van der Waals surface area contributed by atoms with E-state index < -0.39 is 0 Å². The number of hydrogen-bond acceptors (Lipinski definition) is 4. The minimum absolute atomic E-state index is 0.345. The van der Waals surface area contributed by atoms with Gasteiger partial charge in [-0.05, 0) is 70.7 Å². The molecule has 0 radical (unpaired) electrons. The number of rotatable bonds is 6. The van der Waals surface area contributed by atoms with Crippen molar-refractivity contribution < 1.29 is 4.74 Å². The Morgan fingerprint density at radius 2 is 2.04 bits per heavy atom. The number of likely N-dealkylation sites (tertiary alicyclic amines) is 1. The zero-order valence-electron chi connectivity index (χ0n) is 15.2. The van der Waals surface area contributed by atoms with Crippen molar-refractivity contribution in [1.29, 1.82) is 0 Å². The van der Waals surface area contributed by atoms with Crippen LogP contribution in [0.4, 0.5) is 0 Å². The zero-order chi connectivity index (χ0) is 17.1. The van der Waals surface area contributed by atoms with Crippen molar-refractivity contribution >= 4 is 0 Å². The quantitative estimate of drug-likeness (QED) is 0.882. The number of nitrogens with one attached hydrogen (secondary N) is 1. The lowest BCUT2D eigenvalue weighted by Gasteiger charge is -2.23. The molecule has 2 unspecified atom stereocenters. The molecule has 1 aliphatic heterocycles. The fraction of sp³-hybridized carbons (Fsp3) is 0.579. The Balaban J connectivity index is 1.59. The summed E-state index contributed by atoms with van der Waals surface area (Å²) in [4.78, 5) is 7.01. The minimum atomic E-state index is 0.345. The highest BCUT2D eigenvalue weighted by molar-refractivity contribution is 5.21. The summed E-state index contributed by atoms with van der Waals surface area (Å²) in [7, 11) is 0. The van der Waals surface area contributed by atoms with Crippen molar-refractivity contribution in [3.8, 4) is 5.88 Å². The van der Waals surface area contributed by atoms with Gasteiger partial charge in [0.15, 0.2) is 0 Å². The fourth-order valence-electron chi connectivity index (χ4n) is 3.70. The van der Waals surface area contributed by atoms with Gasteiger partial charge in [0.1, 0.15) is 0 Å². The van der Waals surface area contributed by atoms with Crippen molar-refractivity contribution in [2.24, 2.45) is 5.92 Å². The maximum Gasteiger partial charge on any atom is 0.232 e. The van der Waals surface area contributed by atoms with Gasteiger partial charge in [0, 0.05) is 30.0 Å². The Morgan fingerprint density at radius 3 is 2.75 bits per heavy atom. The summed E-state index contributed by atoms with van der Waals surface area (Å²) in [6.45, 7) is 11.3. The molecular weight excluding hydrogens is 300 g/mol. The van der Waals surface area contributed by atoms with Crippen LogP contribution in [0.3, 0.4) is 0 Å². The molecule has 5 nitrogen and oxygen atoms in total. The molecule has 2 atom stereocenters. The van der Waals surface area contributed by atoms with Crippen LogP contribution >= 0.6 is 0 Å². The van der Waals surface area contributed by atoms with Gasteiger partial charge < -0.3 is 4.74 Å². The lowest BCUT2D eigenvalue weighted by Crippen LogP contribution is -2.25. The number of hydrogen-bond donors (Lipinski definition) is 1. The topological polar surface area (TPSA) is 54.0 Å². The van der Waals surface area contributed by atoms with Crippen LogP contribution in [0.5, 0.6) is 5.88 Å². The normalized spacial score (nSPS) is 19.6. The molecule has 24 heavy (non-hydrogen) atoms. The number of aromatic amines is 1. The van der Waals surface area contributed by atoms with Crippen LogP contribution in [0, 0.1) is 19.8 Å². The summed E-state index contributed by atoms with van der Waals surface area (Å²) in [5, 5.41) is 7.35. The largest absolute Gasteiger partial charge is 0.477 e. The van der Waals surface area contributed by atoms with Crippen LogP contribution < -0.4 is 4.74 Å². The van der Waals surface area contributed by atoms with E-state index in [0.29, 0.717) is 24.4 Å². The standard InChI is InChI=1S/C19H28N4O/c1-5-24-19-11-18(21-22-19)15(4)23-7-6-16(12-23)10-17-8-13(2)20-14(3)9-17/h8-9,11,15-16H,5-7,10,12H2,1-4H3,(H,21,22). The summed E-state index contributed by atoms with van der Waals surface area (Å²) in [5.41, 5.74) is 4.79. The van der Waals surface area contributed by atoms with Crippen LogP contribution in [-0.2, 0) is 6.42 Å². The zero-order valence-corrected chi connectivity index (χ0v) is 15.2. The number of aromatic nitrogens is 3. The third-order valence-electron chi connectivity index (χ3n) is 4.85. The van der Waals surface area contributed by atoms with Gasteiger partial charge in [0.2, 0.25) is 5.88 Å². The maximum absolute atomic E-state index is 5.46. The van der Waals surface area contributed by atoms with Gasteiger partial charge in [0.25, 0.3) is 0 Å². The molecular formula is C19H28N4O. The molecule has 3 rings (SSSR count). The second-order valence-corrected chi connectivity index (χ2v) is 6.88. The van der Waals surface area contributed by atoms with Crippen molar-refractivity contribution in [3.05, 3.63) is 40.8 Å². The molecule has 2 aromatic heterocycles. The smallest absolute Gasteiger partial charge is 0.232 e. The molecule has 0 saturated carbocycles. The third kappa shape index (κ3) is 3.96. The first kappa shape index (κ1) is 17.0. The van der Waals surface area contributed by atoms with Gasteiger partial charge in [-0.3, -0.25) is 15.0 Å². The predicted octanol–water partition coefficient (Wildman–Crippen LogP) is 3.45. The van der Waals surface area contributed by atoms with Crippen LogP contribution in [0.25, 0.3) is 0 Å².